The predicted molar refractivity (Wildman–Crippen MR) is 113 cm³/mol. The van der Waals surface area contributed by atoms with E-state index in [0.717, 1.165) is 25.2 Å². The van der Waals surface area contributed by atoms with Crippen molar-refractivity contribution >= 4 is 11.8 Å². The van der Waals surface area contributed by atoms with Crippen LogP contribution in [0.5, 0.6) is 0 Å². The first kappa shape index (κ1) is 21.0. The number of carbonyl (C=O) groups is 2. The van der Waals surface area contributed by atoms with Crippen molar-refractivity contribution in [2.75, 3.05) is 26.2 Å². The highest BCUT2D eigenvalue weighted by atomic mass is 16.2. The lowest BCUT2D eigenvalue weighted by molar-refractivity contribution is -0.139. The minimum absolute atomic E-state index is 0.0185. The van der Waals surface area contributed by atoms with E-state index < -0.39 is 6.04 Å². The zero-order valence-corrected chi connectivity index (χ0v) is 17.3. The van der Waals surface area contributed by atoms with Crippen LogP contribution in [0.3, 0.4) is 0 Å². The number of amides is 2. The van der Waals surface area contributed by atoms with Crippen LogP contribution in [0.1, 0.15) is 25.0 Å². The van der Waals surface area contributed by atoms with Crippen molar-refractivity contribution in [2.24, 2.45) is 5.92 Å². The molecule has 2 aromatic rings. The van der Waals surface area contributed by atoms with Crippen LogP contribution in [0, 0.1) is 5.92 Å². The molecule has 0 spiro atoms. The van der Waals surface area contributed by atoms with Crippen LogP contribution in [0.4, 0.5) is 0 Å². The number of piperazine rings is 1. The van der Waals surface area contributed by atoms with Crippen LogP contribution in [0.25, 0.3) is 0 Å². The first-order chi connectivity index (χ1) is 14.0. The van der Waals surface area contributed by atoms with E-state index in [1.165, 1.54) is 5.56 Å². The second-order valence-corrected chi connectivity index (χ2v) is 7.91. The summed E-state index contributed by atoms with van der Waals surface area (Å²) in [6, 6.07) is 13.2. The molecule has 2 heterocycles. The lowest BCUT2D eigenvalue weighted by Crippen LogP contribution is -2.56. The van der Waals surface area contributed by atoms with Crippen LogP contribution in [0.15, 0.2) is 54.9 Å². The van der Waals surface area contributed by atoms with Crippen LogP contribution in [-0.4, -0.2) is 58.8 Å². The smallest absolute Gasteiger partial charge is 0.245 e. The number of benzene rings is 1. The summed E-state index contributed by atoms with van der Waals surface area (Å²) in [5, 5.41) is 2.96. The molecule has 1 fully saturated rings. The SMILES string of the molecule is CC(C)[C@H](NC(=O)Cc1ccccc1)C(=O)N1CCN(Cc2ccncc2)CC1. The van der Waals surface area contributed by atoms with Gasteiger partial charge >= 0.3 is 0 Å². The molecule has 0 unspecified atom stereocenters. The summed E-state index contributed by atoms with van der Waals surface area (Å²) in [6.07, 6.45) is 3.90. The van der Waals surface area contributed by atoms with E-state index in [1.807, 2.05) is 61.2 Å². The van der Waals surface area contributed by atoms with Gasteiger partial charge in [-0.1, -0.05) is 44.2 Å². The van der Waals surface area contributed by atoms with Gasteiger partial charge in [0.1, 0.15) is 6.04 Å². The van der Waals surface area contributed by atoms with Gasteiger partial charge in [-0.3, -0.25) is 19.5 Å². The van der Waals surface area contributed by atoms with E-state index in [9.17, 15) is 9.59 Å². The van der Waals surface area contributed by atoms with Gasteiger partial charge in [0.2, 0.25) is 11.8 Å². The lowest BCUT2D eigenvalue weighted by Gasteiger charge is -2.37. The number of rotatable bonds is 7. The maximum absolute atomic E-state index is 13.1. The number of nitrogens with zero attached hydrogens (tertiary/aromatic N) is 3. The van der Waals surface area contributed by atoms with Crippen LogP contribution in [-0.2, 0) is 22.6 Å². The molecule has 6 nitrogen and oxygen atoms in total. The Balaban J connectivity index is 1.52. The Kier molecular flexibility index (Phi) is 7.36. The van der Waals surface area contributed by atoms with Gasteiger partial charge in [-0.25, -0.2) is 0 Å². The molecule has 0 radical (unpaired) electrons. The van der Waals surface area contributed by atoms with Crippen molar-refractivity contribution in [1.29, 1.82) is 0 Å². The third kappa shape index (κ3) is 6.12. The molecule has 1 aromatic carbocycles. The molecule has 0 saturated carbocycles. The molecular formula is C23H30N4O2. The summed E-state index contributed by atoms with van der Waals surface area (Å²) in [7, 11) is 0. The Labute approximate surface area is 172 Å². The fourth-order valence-corrected chi connectivity index (χ4v) is 3.59. The van der Waals surface area contributed by atoms with E-state index in [4.69, 9.17) is 0 Å². The van der Waals surface area contributed by atoms with Gasteiger partial charge in [0.25, 0.3) is 0 Å². The molecular weight excluding hydrogens is 364 g/mol. The number of hydrogen-bond acceptors (Lipinski definition) is 4. The summed E-state index contributed by atoms with van der Waals surface area (Å²) in [6.45, 7) is 7.85. The zero-order valence-electron chi connectivity index (χ0n) is 17.3. The molecule has 29 heavy (non-hydrogen) atoms. The molecule has 2 amide bonds. The Morgan fingerprint density at radius 3 is 2.24 bits per heavy atom. The standard InChI is InChI=1S/C23H30N4O2/c1-18(2)22(25-21(28)16-19-6-4-3-5-7-19)23(29)27-14-12-26(13-15-27)17-20-8-10-24-11-9-20/h3-11,18,22H,12-17H2,1-2H3,(H,25,28)/t22-/m0/s1. The highest BCUT2D eigenvalue weighted by Crippen LogP contribution is 2.12. The first-order valence-electron chi connectivity index (χ1n) is 10.3. The first-order valence-corrected chi connectivity index (χ1v) is 10.3. The molecule has 0 bridgehead atoms. The monoisotopic (exact) mass is 394 g/mol. The fraction of sp³-hybridized carbons (Fsp3) is 0.435. The molecule has 1 atom stereocenters. The summed E-state index contributed by atoms with van der Waals surface area (Å²) in [5.41, 5.74) is 2.18. The van der Waals surface area contributed by atoms with E-state index in [0.29, 0.717) is 13.1 Å². The normalized spacial score (nSPS) is 15.9. The number of aromatic nitrogens is 1. The number of pyridine rings is 1. The van der Waals surface area contributed by atoms with Crippen LogP contribution < -0.4 is 5.32 Å². The lowest BCUT2D eigenvalue weighted by atomic mass is 10.0. The van der Waals surface area contributed by atoms with Gasteiger partial charge in [-0.15, -0.1) is 0 Å². The summed E-state index contributed by atoms with van der Waals surface area (Å²) >= 11 is 0. The van der Waals surface area contributed by atoms with Crippen LogP contribution in [0.2, 0.25) is 0 Å². The van der Waals surface area contributed by atoms with Gasteiger partial charge in [0, 0.05) is 45.1 Å². The third-order valence-electron chi connectivity index (χ3n) is 5.30. The Morgan fingerprint density at radius 1 is 0.966 bits per heavy atom. The molecule has 0 aliphatic carbocycles. The molecule has 1 aromatic heterocycles. The van der Waals surface area contributed by atoms with Gasteiger partial charge in [-0.2, -0.15) is 0 Å². The van der Waals surface area contributed by atoms with Crippen molar-refractivity contribution in [3.8, 4) is 0 Å². The molecule has 1 aliphatic rings. The number of hydrogen-bond donors (Lipinski definition) is 1. The zero-order chi connectivity index (χ0) is 20.6. The average Bonchev–Trinajstić information content (AvgIpc) is 2.73. The van der Waals surface area contributed by atoms with Crippen molar-refractivity contribution in [3.05, 3.63) is 66.0 Å². The topological polar surface area (TPSA) is 65.5 Å². The van der Waals surface area contributed by atoms with Crippen molar-refractivity contribution in [1.82, 2.24) is 20.1 Å². The molecule has 6 heteroatoms. The van der Waals surface area contributed by atoms with Gasteiger partial charge < -0.3 is 10.2 Å². The molecule has 3 rings (SSSR count). The minimum Gasteiger partial charge on any atom is -0.344 e. The summed E-state index contributed by atoms with van der Waals surface area (Å²) in [5.74, 6) is -0.0541. The maximum Gasteiger partial charge on any atom is 0.245 e. The molecule has 1 N–H and O–H groups in total. The van der Waals surface area contributed by atoms with E-state index in [-0.39, 0.29) is 24.2 Å². The number of nitrogens with one attached hydrogen (secondary N) is 1. The highest BCUT2D eigenvalue weighted by Gasteiger charge is 2.30. The predicted octanol–water partition coefficient (Wildman–Crippen LogP) is 2.11. The van der Waals surface area contributed by atoms with Crippen molar-refractivity contribution in [3.63, 3.8) is 0 Å². The van der Waals surface area contributed by atoms with Crippen LogP contribution >= 0.6 is 0 Å². The number of carbonyl (C=O) groups excluding carboxylic acids is 2. The molecule has 154 valence electrons. The Hall–Kier alpha value is -2.73. The minimum atomic E-state index is -0.488. The second-order valence-electron chi connectivity index (χ2n) is 7.91. The fourth-order valence-electron chi connectivity index (χ4n) is 3.59. The van der Waals surface area contributed by atoms with E-state index in [1.54, 1.807) is 12.4 Å². The van der Waals surface area contributed by atoms with Crippen molar-refractivity contribution in [2.45, 2.75) is 32.9 Å². The molecule has 1 aliphatic heterocycles. The van der Waals surface area contributed by atoms with E-state index >= 15 is 0 Å². The second kappa shape index (κ2) is 10.2. The van der Waals surface area contributed by atoms with Gasteiger partial charge in [0.15, 0.2) is 0 Å². The highest BCUT2D eigenvalue weighted by molar-refractivity contribution is 5.88. The Bertz CT molecular complexity index is 787. The molecule has 1 saturated heterocycles. The summed E-state index contributed by atoms with van der Waals surface area (Å²) in [4.78, 5) is 33.8. The average molecular weight is 395 g/mol. The van der Waals surface area contributed by atoms with Gasteiger partial charge in [0.05, 0.1) is 6.42 Å². The van der Waals surface area contributed by atoms with Gasteiger partial charge in [-0.05, 0) is 29.2 Å². The maximum atomic E-state index is 13.1. The van der Waals surface area contributed by atoms with E-state index in [2.05, 4.69) is 15.2 Å². The largest absolute Gasteiger partial charge is 0.344 e. The Morgan fingerprint density at radius 2 is 1.62 bits per heavy atom. The summed E-state index contributed by atoms with van der Waals surface area (Å²) < 4.78 is 0. The third-order valence-corrected chi connectivity index (χ3v) is 5.30. The van der Waals surface area contributed by atoms with Crippen molar-refractivity contribution < 1.29 is 9.59 Å². The quantitative estimate of drug-likeness (QED) is 0.781.